The minimum atomic E-state index is -3.60. The Morgan fingerprint density at radius 3 is 2.62 bits per heavy atom. The number of benzene rings is 1. The number of sulfonamides is 1. The highest BCUT2D eigenvalue weighted by Gasteiger charge is 2.22. The van der Waals surface area contributed by atoms with Crippen LogP contribution in [-0.4, -0.2) is 38.7 Å². The third-order valence-electron chi connectivity index (χ3n) is 3.68. The van der Waals surface area contributed by atoms with Gasteiger partial charge in [-0.3, -0.25) is 9.10 Å². The minimum absolute atomic E-state index is 0.202. The van der Waals surface area contributed by atoms with E-state index in [1.807, 2.05) is 13.0 Å². The lowest BCUT2D eigenvalue weighted by molar-refractivity contribution is -0.119. The summed E-state index contributed by atoms with van der Waals surface area (Å²) in [6, 6.07) is 10.6. The highest BCUT2D eigenvalue weighted by molar-refractivity contribution is 7.92. The molecule has 0 aliphatic heterocycles. The van der Waals surface area contributed by atoms with E-state index in [-0.39, 0.29) is 13.1 Å². The molecule has 1 amide bonds. The fourth-order valence-electron chi connectivity index (χ4n) is 2.43. The molecule has 0 saturated heterocycles. The zero-order valence-electron chi connectivity index (χ0n) is 15.1. The van der Waals surface area contributed by atoms with Gasteiger partial charge in [-0.05, 0) is 31.5 Å². The summed E-state index contributed by atoms with van der Waals surface area (Å²) >= 11 is 0. The van der Waals surface area contributed by atoms with Crippen LogP contribution in [0.15, 0.2) is 42.6 Å². The van der Waals surface area contributed by atoms with Crippen molar-refractivity contribution in [3.05, 3.63) is 53.7 Å². The number of nitrogens with one attached hydrogen (secondary N) is 1. The molecule has 0 bridgehead atoms. The Kier molecular flexibility index (Phi) is 6.57. The van der Waals surface area contributed by atoms with Crippen molar-refractivity contribution >= 4 is 21.6 Å². The van der Waals surface area contributed by atoms with Crippen LogP contribution in [0.2, 0.25) is 0 Å². The molecule has 2 rings (SSSR count). The van der Waals surface area contributed by atoms with Crippen molar-refractivity contribution in [3.8, 4) is 5.88 Å². The number of carbonyl (C=O) groups excluding carboxylic acids is 1. The summed E-state index contributed by atoms with van der Waals surface area (Å²) in [6.45, 7) is 4.02. The highest BCUT2D eigenvalue weighted by atomic mass is 32.2. The van der Waals surface area contributed by atoms with Gasteiger partial charge in [-0.25, -0.2) is 13.4 Å². The maximum absolute atomic E-state index is 12.3. The second-order valence-electron chi connectivity index (χ2n) is 5.73. The summed E-state index contributed by atoms with van der Waals surface area (Å²) in [6.07, 6.45) is 2.70. The summed E-state index contributed by atoms with van der Waals surface area (Å²) in [7, 11) is -3.60. The Balaban J connectivity index is 2.11. The molecule has 140 valence electrons. The van der Waals surface area contributed by atoms with Crippen LogP contribution in [0.1, 0.15) is 18.1 Å². The van der Waals surface area contributed by atoms with Gasteiger partial charge < -0.3 is 10.1 Å². The lowest BCUT2D eigenvalue weighted by atomic mass is 10.2. The molecule has 1 N–H and O–H groups in total. The maximum atomic E-state index is 12.3. The van der Waals surface area contributed by atoms with E-state index in [0.29, 0.717) is 18.2 Å². The van der Waals surface area contributed by atoms with Crippen LogP contribution in [0.25, 0.3) is 0 Å². The molecule has 26 heavy (non-hydrogen) atoms. The fourth-order valence-corrected chi connectivity index (χ4v) is 3.34. The number of ether oxygens (including phenoxy) is 1. The first kappa shape index (κ1) is 19.7. The molecule has 0 atom stereocenters. The number of nitrogens with zero attached hydrogens (tertiary/aromatic N) is 2. The average Bonchev–Trinajstić information content (AvgIpc) is 2.59. The molecule has 0 fully saturated rings. The van der Waals surface area contributed by atoms with Gasteiger partial charge in [-0.1, -0.05) is 24.3 Å². The molecular weight excluding hydrogens is 354 g/mol. The Morgan fingerprint density at radius 2 is 1.96 bits per heavy atom. The summed E-state index contributed by atoms with van der Waals surface area (Å²) in [4.78, 5) is 16.5. The fraction of sp³-hybridized carbons (Fsp3) is 0.333. The van der Waals surface area contributed by atoms with Gasteiger partial charge in [0.05, 0.1) is 18.6 Å². The molecule has 0 unspecified atom stereocenters. The van der Waals surface area contributed by atoms with Crippen LogP contribution < -0.4 is 14.4 Å². The van der Waals surface area contributed by atoms with Crippen molar-refractivity contribution in [1.82, 2.24) is 10.3 Å². The molecule has 1 heterocycles. The van der Waals surface area contributed by atoms with Crippen molar-refractivity contribution in [2.45, 2.75) is 20.4 Å². The average molecular weight is 377 g/mol. The monoisotopic (exact) mass is 377 g/mol. The van der Waals surface area contributed by atoms with Crippen LogP contribution >= 0.6 is 0 Å². The molecule has 0 aliphatic carbocycles. The predicted octanol–water partition coefficient (Wildman–Crippen LogP) is 1.87. The molecule has 0 saturated carbocycles. The van der Waals surface area contributed by atoms with Crippen molar-refractivity contribution < 1.29 is 17.9 Å². The van der Waals surface area contributed by atoms with Gasteiger partial charge in [0.15, 0.2) is 0 Å². The van der Waals surface area contributed by atoms with Crippen molar-refractivity contribution in [2.75, 3.05) is 23.7 Å². The van der Waals surface area contributed by atoms with Crippen LogP contribution in [0.4, 0.5) is 5.69 Å². The maximum Gasteiger partial charge on any atom is 0.241 e. The van der Waals surface area contributed by atoms with E-state index in [0.717, 1.165) is 21.7 Å². The topological polar surface area (TPSA) is 88.6 Å². The predicted molar refractivity (Wildman–Crippen MR) is 101 cm³/mol. The van der Waals surface area contributed by atoms with Gasteiger partial charge >= 0.3 is 0 Å². The first-order valence-corrected chi connectivity index (χ1v) is 10.0. The number of pyridine rings is 1. The van der Waals surface area contributed by atoms with E-state index in [9.17, 15) is 13.2 Å². The van der Waals surface area contributed by atoms with E-state index in [1.54, 1.807) is 43.5 Å². The second kappa shape index (κ2) is 8.66. The number of anilines is 1. The first-order chi connectivity index (χ1) is 12.3. The smallest absolute Gasteiger partial charge is 0.241 e. The van der Waals surface area contributed by atoms with Crippen LogP contribution in [0.3, 0.4) is 0 Å². The largest absolute Gasteiger partial charge is 0.478 e. The third kappa shape index (κ3) is 5.19. The van der Waals surface area contributed by atoms with Crippen LogP contribution in [-0.2, 0) is 21.4 Å². The summed E-state index contributed by atoms with van der Waals surface area (Å²) in [5, 5.41) is 2.72. The van der Waals surface area contributed by atoms with E-state index < -0.39 is 15.9 Å². The molecule has 7 nitrogen and oxygen atoms in total. The molecule has 8 heteroatoms. The SMILES string of the molecule is CCOc1ncccc1CNC(=O)CN(c1ccccc1C)S(C)(=O)=O. The number of rotatable bonds is 8. The highest BCUT2D eigenvalue weighted by Crippen LogP contribution is 2.21. The Hall–Kier alpha value is -2.61. The number of carbonyl (C=O) groups is 1. The van der Waals surface area contributed by atoms with Gasteiger partial charge in [0.25, 0.3) is 0 Å². The van der Waals surface area contributed by atoms with Gasteiger partial charge in [0, 0.05) is 18.3 Å². The van der Waals surface area contributed by atoms with Crippen LogP contribution in [0, 0.1) is 6.92 Å². The number of hydrogen-bond donors (Lipinski definition) is 1. The van der Waals surface area contributed by atoms with Crippen LogP contribution in [0.5, 0.6) is 5.88 Å². The lowest BCUT2D eigenvalue weighted by Crippen LogP contribution is -2.40. The van der Waals surface area contributed by atoms with E-state index in [2.05, 4.69) is 10.3 Å². The molecular formula is C18H23N3O4S. The van der Waals surface area contributed by atoms with Gasteiger partial charge in [0.2, 0.25) is 21.8 Å². The number of aromatic nitrogens is 1. The van der Waals surface area contributed by atoms with Crippen molar-refractivity contribution in [2.24, 2.45) is 0 Å². The second-order valence-corrected chi connectivity index (χ2v) is 7.64. The Morgan fingerprint density at radius 1 is 1.23 bits per heavy atom. The number of amides is 1. The number of hydrogen-bond acceptors (Lipinski definition) is 5. The Labute approximate surface area is 154 Å². The molecule has 0 radical (unpaired) electrons. The summed E-state index contributed by atoms with van der Waals surface area (Å²) in [5.41, 5.74) is 1.99. The summed E-state index contributed by atoms with van der Waals surface area (Å²) in [5.74, 6) is 0.0409. The van der Waals surface area contributed by atoms with E-state index in [4.69, 9.17) is 4.74 Å². The zero-order valence-corrected chi connectivity index (χ0v) is 15.9. The van der Waals surface area contributed by atoms with E-state index >= 15 is 0 Å². The zero-order chi connectivity index (χ0) is 19.2. The molecule has 1 aromatic heterocycles. The first-order valence-electron chi connectivity index (χ1n) is 8.19. The summed E-state index contributed by atoms with van der Waals surface area (Å²) < 4.78 is 30.8. The Bertz CT molecular complexity index is 868. The van der Waals surface area contributed by atoms with Crippen molar-refractivity contribution in [1.29, 1.82) is 0 Å². The quantitative estimate of drug-likeness (QED) is 0.759. The molecule has 2 aromatic rings. The molecule has 1 aromatic carbocycles. The van der Waals surface area contributed by atoms with E-state index in [1.165, 1.54) is 0 Å². The van der Waals surface area contributed by atoms with Crippen molar-refractivity contribution in [3.63, 3.8) is 0 Å². The van der Waals surface area contributed by atoms with Gasteiger partial charge in [-0.15, -0.1) is 0 Å². The normalized spacial score (nSPS) is 11.0. The molecule has 0 aliphatic rings. The number of aryl methyl sites for hydroxylation is 1. The number of para-hydroxylation sites is 1. The molecule has 0 spiro atoms. The van der Waals surface area contributed by atoms with Gasteiger partial charge in [-0.2, -0.15) is 0 Å². The minimum Gasteiger partial charge on any atom is -0.478 e. The third-order valence-corrected chi connectivity index (χ3v) is 4.81. The van der Waals surface area contributed by atoms with Gasteiger partial charge in [0.1, 0.15) is 6.54 Å². The standard InChI is InChI=1S/C18H23N3O4S/c1-4-25-18-15(9-7-11-19-18)12-20-17(22)13-21(26(3,23)24)16-10-6-5-8-14(16)2/h5-11H,4,12-13H2,1-3H3,(H,20,22). The lowest BCUT2D eigenvalue weighted by Gasteiger charge is -2.23.